The number of thiazole rings is 1. The van der Waals surface area contributed by atoms with Crippen molar-refractivity contribution in [1.29, 1.82) is 0 Å². The lowest BCUT2D eigenvalue weighted by molar-refractivity contribution is 0.730. The molecule has 0 aliphatic heterocycles. The highest BCUT2D eigenvalue weighted by Crippen LogP contribution is 2.19. The molecule has 0 aliphatic rings. The van der Waals surface area contributed by atoms with Gasteiger partial charge in [0, 0.05) is 17.5 Å². The highest BCUT2D eigenvalue weighted by Gasteiger charge is 2.07. The van der Waals surface area contributed by atoms with E-state index in [2.05, 4.69) is 34.8 Å². The van der Waals surface area contributed by atoms with Crippen LogP contribution in [0.1, 0.15) is 30.5 Å². The minimum absolute atomic E-state index is 0.0217. The molecule has 3 nitrogen and oxygen atoms in total. The van der Waals surface area contributed by atoms with E-state index in [1.54, 1.807) is 28.2 Å². The van der Waals surface area contributed by atoms with Crippen molar-refractivity contribution in [1.82, 2.24) is 9.55 Å². The summed E-state index contributed by atoms with van der Waals surface area (Å²) < 4.78 is 2.24. The van der Waals surface area contributed by atoms with Crippen LogP contribution < -0.4 is 5.56 Å². The average Bonchev–Trinajstić information content (AvgIpc) is 2.73. The van der Waals surface area contributed by atoms with Crippen molar-refractivity contribution in [3.63, 3.8) is 0 Å². The number of nitrogens with zero attached hydrogens (tertiary/aromatic N) is 2. The van der Waals surface area contributed by atoms with Crippen LogP contribution in [0.4, 0.5) is 0 Å². The third kappa shape index (κ3) is 2.84. The molecule has 2 rings (SSSR count). The molecule has 0 aromatic carbocycles. The van der Waals surface area contributed by atoms with Crippen molar-refractivity contribution in [2.24, 2.45) is 0 Å². The molecule has 0 saturated carbocycles. The zero-order valence-electron chi connectivity index (χ0n) is 9.68. The molecule has 17 heavy (non-hydrogen) atoms. The zero-order valence-corrected chi connectivity index (χ0v) is 12.1. The lowest BCUT2D eigenvalue weighted by Gasteiger charge is -2.03. The monoisotopic (exact) mass is 312 g/mol. The van der Waals surface area contributed by atoms with Gasteiger partial charge in [0.05, 0.1) is 21.7 Å². The van der Waals surface area contributed by atoms with Gasteiger partial charge in [0.1, 0.15) is 0 Å². The topological polar surface area (TPSA) is 34.9 Å². The fourth-order valence-electron chi connectivity index (χ4n) is 1.47. The van der Waals surface area contributed by atoms with Crippen LogP contribution in [0.15, 0.2) is 33.0 Å². The summed E-state index contributed by atoms with van der Waals surface area (Å²) in [5.41, 5.74) is 0.922. The Hall–Kier alpha value is -0.940. The second-order valence-corrected chi connectivity index (χ2v) is 5.86. The highest BCUT2D eigenvalue weighted by atomic mass is 79.9. The van der Waals surface area contributed by atoms with Gasteiger partial charge < -0.3 is 4.57 Å². The largest absolute Gasteiger partial charge is 0.309 e. The Kier molecular flexibility index (Phi) is 3.79. The molecule has 0 radical (unpaired) electrons. The summed E-state index contributed by atoms with van der Waals surface area (Å²) >= 11 is 4.89. The molecule has 0 N–H and O–H groups in total. The minimum atomic E-state index is -0.0217. The summed E-state index contributed by atoms with van der Waals surface area (Å²) in [7, 11) is 0. The average molecular weight is 313 g/mol. The molecule has 0 saturated heterocycles. The third-order valence-electron chi connectivity index (χ3n) is 2.37. The van der Waals surface area contributed by atoms with Crippen molar-refractivity contribution in [3.05, 3.63) is 49.2 Å². The number of hydrogen-bond acceptors (Lipinski definition) is 3. The van der Waals surface area contributed by atoms with Crippen LogP contribution in [0.5, 0.6) is 0 Å². The second kappa shape index (κ2) is 5.14. The summed E-state index contributed by atoms with van der Waals surface area (Å²) in [4.78, 5) is 16.3. The lowest BCUT2D eigenvalue weighted by atomic mass is 10.2. The Labute approximate surface area is 112 Å². The van der Waals surface area contributed by atoms with Crippen LogP contribution in [-0.2, 0) is 6.54 Å². The van der Waals surface area contributed by atoms with Gasteiger partial charge in [0.25, 0.3) is 5.56 Å². The first-order valence-electron chi connectivity index (χ1n) is 5.37. The molecule has 0 amide bonds. The van der Waals surface area contributed by atoms with E-state index in [0.717, 1.165) is 10.7 Å². The molecule has 0 atom stereocenters. The molecule has 0 fully saturated rings. The highest BCUT2D eigenvalue weighted by molar-refractivity contribution is 9.10. The molecule has 0 unspecified atom stereocenters. The quantitative estimate of drug-likeness (QED) is 0.872. The van der Waals surface area contributed by atoms with Gasteiger partial charge >= 0.3 is 0 Å². The molecule has 2 heterocycles. The van der Waals surface area contributed by atoms with Crippen molar-refractivity contribution in [2.45, 2.75) is 26.3 Å². The van der Waals surface area contributed by atoms with E-state index in [-0.39, 0.29) is 5.56 Å². The Bertz CT molecular complexity index is 574. The maximum Gasteiger partial charge on any atom is 0.265 e. The third-order valence-corrected chi connectivity index (χ3v) is 4.17. The van der Waals surface area contributed by atoms with Crippen LogP contribution in [0.2, 0.25) is 0 Å². The number of rotatable bonds is 3. The summed E-state index contributed by atoms with van der Waals surface area (Å²) in [5, 5.41) is 3.13. The first-order valence-corrected chi connectivity index (χ1v) is 7.04. The number of hydrogen-bond donors (Lipinski definition) is 0. The Morgan fingerprint density at radius 3 is 2.94 bits per heavy atom. The SMILES string of the molecule is CC(C)c1nc(Cn2cccc(Br)c2=O)cs1. The molecule has 90 valence electrons. The van der Waals surface area contributed by atoms with Crippen LogP contribution in [-0.4, -0.2) is 9.55 Å². The van der Waals surface area contributed by atoms with Crippen molar-refractivity contribution >= 4 is 27.3 Å². The number of halogens is 1. The fraction of sp³-hybridized carbons (Fsp3) is 0.333. The normalized spacial score (nSPS) is 11.1. The first-order chi connectivity index (χ1) is 8.08. The summed E-state index contributed by atoms with van der Waals surface area (Å²) in [6.07, 6.45) is 1.78. The Morgan fingerprint density at radius 1 is 1.53 bits per heavy atom. The zero-order chi connectivity index (χ0) is 12.4. The van der Waals surface area contributed by atoms with E-state index in [9.17, 15) is 4.79 Å². The Morgan fingerprint density at radius 2 is 2.29 bits per heavy atom. The fourth-order valence-corrected chi connectivity index (χ4v) is 2.67. The molecular formula is C12H13BrN2OS. The summed E-state index contributed by atoms with van der Waals surface area (Å²) in [6, 6.07) is 3.60. The van der Waals surface area contributed by atoms with Gasteiger partial charge in [0.15, 0.2) is 0 Å². The van der Waals surface area contributed by atoms with Gasteiger partial charge in [-0.1, -0.05) is 13.8 Å². The van der Waals surface area contributed by atoms with Gasteiger partial charge in [-0.15, -0.1) is 11.3 Å². The maximum atomic E-state index is 11.8. The van der Waals surface area contributed by atoms with Crippen molar-refractivity contribution in [3.8, 4) is 0 Å². The van der Waals surface area contributed by atoms with Crippen molar-refractivity contribution < 1.29 is 0 Å². The number of pyridine rings is 1. The lowest BCUT2D eigenvalue weighted by Crippen LogP contribution is -2.20. The van der Waals surface area contributed by atoms with E-state index in [4.69, 9.17) is 0 Å². The van der Waals surface area contributed by atoms with Gasteiger partial charge in [-0.25, -0.2) is 4.98 Å². The molecule has 2 aromatic heterocycles. The first kappa shape index (κ1) is 12.5. The van der Waals surface area contributed by atoms with E-state index in [1.165, 1.54) is 0 Å². The molecule has 2 aromatic rings. The van der Waals surface area contributed by atoms with Gasteiger partial charge in [-0.05, 0) is 28.1 Å². The van der Waals surface area contributed by atoms with E-state index < -0.39 is 0 Å². The molecule has 0 bridgehead atoms. The second-order valence-electron chi connectivity index (χ2n) is 4.12. The van der Waals surface area contributed by atoms with Crippen LogP contribution in [0.25, 0.3) is 0 Å². The van der Waals surface area contributed by atoms with Gasteiger partial charge in [0.2, 0.25) is 0 Å². The molecule has 5 heteroatoms. The molecular weight excluding hydrogens is 300 g/mol. The van der Waals surface area contributed by atoms with Crippen LogP contribution >= 0.6 is 27.3 Å². The van der Waals surface area contributed by atoms with E-state index in [0.29, 0.717) is 16.9 Å². The summed E-state index contributed by atoms with van der Waals surface area (Å²) in [6.45, 7) is 4.77. The van der Waals surface area contributed by atoms with E-state index >= 15 is 0 Å². The van der Waals surface area contributed by atoms with Gasteiger partial charge in [-0.3, -0.25) is 4.79 Å². The minimum Gasteiger partial charge on any atom is -0.309 e. The van der Waals surface area contributed by atoms with Gasteiger partial charge in [-0.2, -0.15) is 0 Å². The van der Waals surface area contributed by atoms with Crippen molar-refractivity contribution in [2.75, 3.05) is 0 Å². The predicted octanol–water partition coefficient (Wildman–Crippen LogP) is 3.24. The standard InChI is InChI=1S/C12H13BrN2OS/c1-8(2)11-14-9(7-17-11)6-15-5-3-4-10(13)12(15)16/h3-5,7-8H,6H2,1-2H3. The smallest absolute Gasteiger partial charge is 0.265 e. The Balaban J connectivity index is 2.26. The summed E-state index contributed by atoms with van der Waals surface area (Å²) in [5.74, 6) is 0.438. The molecule has 0 spiro atoms. The van der Waals surface area contributed by atoms with E-state index in [1.807, 2.05) is 11.4 Å². The maximum absolute atomic E-state index is 11.8. The molecule has 0 aliphatic carbocycles. The van der Waals surface area contributed by atoms with Crippen LogP contribution in [0.3, 0.4) is 0 Å². The number of aromatic nitrogens is 2. The van der Waals surface area contributed by atoms with Crippen LogP contribution in [0, 0.1) is 0 Å². The predicted molar refractivity (Wildman–Crippen MR) is 73.7 cm³/mol.